The molecule has 2 heteroatoms. The normalized spacial score (nSPS) is 14.8. The first-order valence-electron chi connectivity index (χ1n) is 4.81. The molecule has 0 saturated carbocycles. The fourth-order valence-corrected chi connectivity index (χ4v) is 1.57. The quantitative estimate of drug-likeness (QED) is 0.755. The predicted molar refractivity (Wildman–Crippen MR) is 59.6 cm³/mol. The molecule has 2 aromatic rings. The SMILES string of the molecule is CC(O)(C=O)c1ccc2ccccc2c1. The monoisotopic (exact) mass is 200 g/mol. The molecule has 0 aromatic heterocycles. The van der Waals surface area contributed by atoms with Gasteiger partial charge in [0.25, 0.3) is 0 Å². The Morgan fingerprint density at radius 1 is 1.13 bits per heavy atom. The highest BCUT2D eigenvalue weighted by atomic mass is 16.3. The Bertz CT molecular complexity index is 501. The maximum Gasteiger partial charge on any atom is 0.155 e. The van der Waals surface area contributed by atoms with Crippen molar-refractivity contribution in [1.82, 2.24) is 0 Å². The van der Waals surface area contributed by atoms with Gasteiger partial charge in [-0.3, -0.25) is 4.79 Å². The lowest BCUT2D eigenvalue weighted by Crippen LogP contribution is -2.22. The number of carbonyl (C=O) groups excluding carboxylic acids is 1. The summed E-state index contributed by atoms with van der Waals surface area (Å²) in [6, 6.07) is 13.4. The van der Waals surface area contributed by atoms with Crippen molar-refractivity contribution in [2.45, 2.75) is 12.5 Å². The number of hydrogen-bond acceptors (Lipinski definition) is 2. The highest BCUT2D eigenvalue weighted by Crippen LogP contribution is 2.23. The van der Waals surface area contributed by atoms with Crippen molar-refractivity contribution in [2.75, 3.05) is 0 Å². The molecule has 0 amide bonds. The van der Waals surface area contributed by atoms with Gasteiger partial charge in [-0.1, -0.05) is 36.4 Å². The van der Waals surface area contributed by atoms with E-state index in [1.54, 1.807) is 6.07 Å². The van der Waals surface area contributed by atoms with Crippen LogP contribution in [0.2, 0.25) is 0 Å². The molecule has 0 heterocycles. The third-order valence-electron chi connectivity index (χ3n) is 2.56. The van der Waals surface area contributed by atoms with Crippen LogP contribution in [0.5, 0.6) is 0 Å². The Morgan fingerprint density at radius 2 is 1.80 bits per heavy atom. The van der Waals surface area contributed by atoms with Crippen LogP contribution >= 0.6 is 0 Å². The standard InChI is InChI=1S/C13H12O2/c1-13(15,9-14)12-7-6-10-4-2-3-5-11(10)8-12/h2-9,15H,1H3. The number of carbonyl (C=O) groups is 1. The zero-order valence-electron chi connectivity index (χ0n) is 8.47. The summed E-state index contributed by atoms with van der Waals surface area (Å²) in [5, 5.41) is 11.9. The first kappa shape index (κ1) is 9.87. The second-order valence-electron chi connectivity index (χ2n) is 3.83. The van der Waals surface area contributed by atoms with E-state index >= 15 is 0 Å². The highest BCUT2D eigenvalue weighted by Gasteiger charge is 2.21. The summed E-state index contributed by atoms with van der Waals surface area (Å²) in [5.41, 5.74) is -0.777. The zero-order chi connectivity index (χ0) is 10.9. The minimum Gasteiger partial charge on any atom is -0.378 e. The molecule has 1 N–H and O–H groups in total. The van der Waals surface area contributed by atoms with Gasteiger partial charge in [-0.05, 0) is 29.3 Å². The summed E-state index contributed by atoms with van der Waals surface area (Å²) in [4.78, 5) is 10.7. The molecular weight excluding hydrogens is 188 g/mol. The molecule has 15 heavy (non-hydrogen) atoms. The van der Waals surface area contributed by atoms with E-state index in [9.17, 15) is 9.90 Å². The Balaban J connectivity index is 2.61. The molecule has 0 spiro atoms. The Morgan fingerprint density at radius 3 is 2.47 bits per heavy atom. The fraction of sp³-hybridized carbons (Fsp3) is 0.154. The van der Waals surface area contributed by atoms with Gasteiger partial charge in [0.05, 0.1) is 0 Å². The molecule has 0 aliphatic rings. The summed E-state index contributed by atoms with van der Waals surface area (Å²) in [6.45, 7) is 1.49. The van der Waals surface area contributed by atoms with E-state index in [0.717, 1.165) is 10.8 Å². The molecule has 0 saturated heterocycles. The average molecular weight is 200 g/mol. The number of aliphatic hydroxyl groups is 1. The molecule has 0 bridgehead atoms. The van der Waals surface area contributed by atoms with Crippen molar-refractivity contribution in [3.63, 3.8) is 0 Å². The van der Waals surface area contributed by atoms with Gasteiger partial charge in [0.15, 0.2) is 6.29 Å². The number of rotatable bonds is 2. The first-order chi connectivity index (χ1) is 7.13. The van der Waals surface area contributed by atoms with Crippen LogP contribution in [-0.2, 0) is 10.4 Å². The van der Waals surface area contributed by atoms with E-state index in [1.165, 1.54) is 6.92 Å². The van der Waals surface area contributed by atoms with Gasteiger partial charge in [-0.15, -0.1) is 0 Å². The smallest absolute Gasteiger partial charge is 0.155 e. The van der Waals surface area contributed by atoms with Crippen LogP contribution in [0.3, 0.4) is 0 Å². The number of benzene rings is 2. The van der Waals surface area contributed by atoms with Gasteiger partial charge in [-0.2, -0.15) is 0 Å². The van der Waals surface area contributed by atoms with Gasteiger partial charge in [-0.25, -0.2) is 0 Å². The highest BCUT2D eigenvalue weighted by molar-refractivity contribution is 5.84. The lowest BCUT2D eigenvalue weighted by Gasteiger charge is -2.16. The summed E-state index contributed by atoms with van der Waals surface area (Å²) in [6.07, 6.45) is 0.553. The minimum atomic E-state index is -1.40. The predicted octanol–water partition coefficient (Wildman–Crippen LogP) is 2.25. The van der Waals surface area contributed by atoms with Crippen molar-refractivity contribution in [2.24, 2.45) is 0 Å². The molecule has 1 unspecified atom stereocenters. The Labute approximate surface area is 88.2 Å². The number of aldehydes is 1. The van der Waals surface area contributed by atoms with Gasteiger partial charge in [0, 0.05) is 0 Å². The summed E-state index contributed by atoms with van der Waals surface area (Å²) in [7, 11) is 0. The topological polar surface area (TPSA) is 37.3 Å². The van der Waals surface area contributed by atoms with Crippen molar-refractivity contribution < 1.29 is 9.90 Å². The lowest BCUT2D eigenvalue weighted by atomic mass is 9.95. The molecule has 0 fully saturated rings. The summed E-state index contributed by atoms with van der Waals surface area (Å²) < 4.78 is 0. The van der Waals surface area contributed by atoms with E-state index in [1.807, 2.05) is 36.4 Å². The van der Waals surface area contributed by atoms with Gasteiger partial charge in [0.2, 0.25) is 0 Å². The van der Waals surface area contributed by atoms with Gasteiger partial charge in [0.1, 0.15) is 5.60 Å². The first-order valence-corrected chi connectivity index (χ1v) is 4.81. The molecule has 0 aliphatic heterocycles. The molecule has 1 atom stereocenters. The second-order valence-corrected chi connectivity index (χ2v) is 3.83. The molecular formula is C13H12O2. The maximum absolute atomic E-state index is 10.7. The van der Waals surface area contributed by atoms with Crippen LogP contribution in [0.15, 0.2) is 42.5 Å². The van der Waals surface area contributed by atoms with Gasteiger partial charge >= 0.3 is 0 Å². The fourth-order valence-electron chi connectivity index (χ4n) is 1.57. The summed E-state index contributed by atoms with van der Waals surface area (Å²) >= 11 is 0. The van der Waals surface area contributed by atoms with Crippen LogP contribution < -0.4 is 0 Å². The van der Waals surface area contributed by atoms with Crippen LogP contribution in [0.25, 0.3) is 10.8 Å². The Hall–Kier alpha value is -1.67. The van der Waals surface area contributed by atoms with E-state index < -0.39 is 5.60 Å². The minimum absolute atomic E-state index is 0.553. The van der Waals surface area contributed by atoms with E-state index in [0.29, 0.717) is 11.8 Å². The number of hydrogen-bond donors (Lipinski definition) is 1. The van der Waals surface area contributed by atoms with Crippen molar-refractivity contribution >= 4 is 17.1 Å². The van der Waals surface area contributed by atoms with Crippen molar-refractivity contribution in [3.8, 4) is 0 Å². The zero-order valence-corrected chi connectivity index (χ0v) is 8.47. The average Bonchev–Trinajstić information content (AvgIpc) is 2.28. The van der Waals surface area contributed by atoms with Crippen molar-refractivity contribution in [3.05, 3.63) is 48.0 Å². The van der Waals surface area contributed by atoms with Crippen LogP contribution in [-0.4, -0.2) is 11.4 Å². The molecule has 0 radical (unpaired) electrons. The van der Waals surface area contributed by atoms with E-state index in [4.69, 9.17) is 0 Å². The maximum atomic E-state index is 10.7. The van der Waals surface area contributed by atoms with Crippen LogP contribution in [0.4, 0.5) is 0 Å². The van der Waals surface area contributed by atoms with E-state index in [-0.39, 0.29) is 0 Å². The lowest BCUT2D eigenvalue weighted by molar-refractivity contribution is -0.123. The molecule has 0 aliphatic carbocycles. The van der Waals surface area contributed by atoms with E-state index in [2.05, 4.69) is 0 Å². The third kappa shape index (κ3) is 1.76. The Kier molecular flexibility index (Phi) is 2.29. The summed E-state index contributed by atoms with van der Waals surface area (Å²) in [5.74, 6) is 0. The van der Waals surface area contributed by atoms with Crippen LogP contribution in [0, 0.1) is 0 Å². The van der Waals surface area contributed by atoms with Crippen LogP contribution in [0.1, 0.15) is 12.5 Å². The molecule has 2 aromatic carbocycles. The van der Waals surface area contributed by atoms with Gasteiger partial charge < -0.3 is 5.11 Å². The largest absolute Gasteiger partial charge is 0.378 e. The van der Waals surface area contributed by atoms with Crippen molar-refractivity contribution in [1.29, 1.82) is 0 Å². The second kappa shape index (κ2) is 3.48. The number of fused-ring (bicyclic) bond motifs is 1. The molecule has 2 rings (SSSR count). The third-order valence-corrected chi connectivity index (χ3v) is 2.56. The molecule has 76 valence electrons. The molecule has 2 nitrogen and oxygen atoms in total.